The fourth-order valence-corrected chi connectivity index (χ4v) is 4.08. The first kappa shape index (κ1) is 29.2. The topological polar surface area (TPSA) is 116 Å². The summed E-state index contributed by atoms with van der Waals surface area (Å²) in [4.78, 5) is 51.0. The molecule has 8 nitrogen and oxygen atoms in total. The second-order valence-electron chi connectivity index (χ2n) is 9.35. The maximum Gasteiger partial charge on any atom is 0.343 e. The van der Waals surface area contributed by atoms with Crippen LogP contribution in [0.25, 0.3) is 6.08 Å². The third kappa shape index (κ3) is 7.32. The zero-order valence-corrected chi connectivity index (χ0v) is 23.1. The molecule has 0 heterocycles. The van der Waals surface area contributed by atoms with Crippen molar-refractivity contribution >= 4 is 29.8 Å². The molecule has 216 valence electrons. The summed E-state index contributed by atoms with van der Waals surface area (Å²) < 4.78 is 16.3. The number of carbonyl (C=O) groups is 4. The Labute approximate surface area is 252 Å². The highest BCUT2D eigenvalue weighted by Gasteiger charge is 2.22. The van der Waals surface area contributed by atoms with Gasteiger partial charge in [0.15, 0.2) is 5.78 Å². The summed E-state index contributed by atoms with van der Waals surface area (Å²) >= 11 is 0. The van der Waals surface area contributed by atoms with E-state index in [0.717, 1.165) is 6.07 Å². The van der Waals surface area contributed by atoms with E-state index in [2.05, 4.69) is 0 Å². The molecule has 44 heavy (non-hydrogen) atoms. The Morgan fingerprint density at radius 3 is 1.48 bits per heavy atom. The molecule has 0 atom stereocenters. The van der Waals surface area contributed by atoms with E-state index in [0.29, 0.717) is 16.9 Å². The molecule has 0 aliphatic rings. The van der Waals surface area contributed by atoms with Gasteiger partial charge in [0.25, 0.3) is 0 Å². The molecular formula is C36H24O8. The zero-order valence-electron chi connectivity index (χ0n) is 23.1. The van der Waals surface area contributed by atoms with Crippen LogP contribution in [0.2, 0.25) is 0 Å². The molecule has 0 unspecified atom stereocenters. The van der Waals surface area contributed by atoms with Crippen LogP contribution in [0.3, 0.4) is 0 Å². The highest BCUT2D eigenvalue weighted by Crippen LogP contribution is 2.35. The van der Waals surface area contributed by atoms with Crippen LogP contribution in [0.5, 0.6) is 23.0 Å². The van der Waals surface area contributed by atoms with Crippen LogP contribution < -0.4 is 14.2 Å². The summed E-state index contributed by atoms with van der Waals surface area (Å²) in [5, 5.41) is 10.8. The van der Waals surface area contributed by atoms with Crippen molar-refractivity contribution < 1.29 is 38.5 Å². The number of rotatable bonds is 9. The van der Waals surface area contributed by atoms with Crippen LogP contribution in [-0.2, 0) is 0 Å². The van der Waals surface area contributed by atoms with E-state index in [1.165, 1.54) is 30.4 Å². The molecule has 1 N–H and O–H groups in total. The Hall–Kier alpha value is -6.28. The van der Waals surface area contributed by atoms with Gasteiger partial charge in [-0.2, -0.15) is 0 Å². The van der Waals surface area contributed by atoms with Gasteiger partial charge >= 0.3 is 17.9 Å². The van der Waals surface area contributed by atoms with Crippen molar-refractivity contribution in [2.45, 2.75) is 0 Å². The smallest absolute Gasteiger partial charge is 0.343 e. The Balaban J connectivity index is 1.37. The monoisotopic (exact) mass is 584 g/mol. The lowest BCUT2D eigenvalue weighted by Gasteiger charge is -2.13. The normalized spacial score (nSPS) is 10.6. The van der Waals surface area contributed by atoms with Gasteiger partial charge < -0.3 is 19.3 Å². The standard InChI is InChI=1S/C36H24O8/c37-30(21-18-24-16-19-28(20-17-24)42-34(39)25-10-4-1-5-11-25)33-31(38)22-29(43-35(40)26-12-6-2-7-13-26)23-32(33)44-36(41)27-14-8-3-9-15-27/h1-23,38H/b21-18-. The van der Waals surface area contributed by atoms with Crippen molar-refractivity contribution in [3.8, 4) is 23.0 Å². The quantitative estimate of drug-likeness (QED) is 0.0857. The second kappa shape index (κ2) is 13.6. The third-order valence-corrected chi connectivity index (χ3v) is 6.26. The molecule has 5 aromatic carbocycles. The SMILES string of the molecule is O=C(Oc1ccc(/C=C\C(=O)c2c(O)cc(OC(=O)c3ccccc3)cc2OC(=O)c2ccccc2)cc1)c1ccccc1. The Morgan fingerprint density at radius 1 is 0.523 bits per heavy atom. The van der Waals surface area contributed by atoms with Crippen molar-refractivity contribution in [2.24, 2.45) is 0 Å². The summed E-state index contributed by atoms with van der Waals surface area (Å²) in [5.74, 6) is -3.35. The number of hydrogen-bond donors (Lipinski definition) is 1. The lowest BCUT2D eigenvalue weighted by molar-refractivity contribution is 0.0719. The number of phenolic OH excluding ortho intramolecular Hbond substituents is 1. The first-order chi connectivity index (χ1) is 21.4. The molecule has 0 radical (unpaired) electrons. The summed E-state index contributed by atoms with van der Waals surface area (Å²) in [6.07, 6.45) is 2.67. The van der Waals surface area contributed by atoms with Crippen molar-refractivity contribution in [1.82, 2.24) is 0 Å². The lowest BCUT2D eigenvalue weighted by atomic mass is 10.1. The van der Waals surface area contributed by atoms with Crippen LogP contribution >= 0.6 is 0 Å². The van der Waals surface area contributed by atoms with Gasteiger partial charge in [-0.25, -0.2) is 14.4 Å². The molecule has 0 aliphatic carbocycles. The number of hydrogen-bond acceptors (Lipinski definition) is 8. The summed E-state index contributed by atoms with van der Waals surface area (Å²) in [6.45, 7) is 0. The molecule has 8 heteroatoms. The molecule has 0 saturated carbocycles. The molecule has 0 spiro atoms. The molecule has 0 aliphatic heterocycles. The van der Waals surface area contributed by atoms with E-state index in [1.54, 1.807) is 103 Å². The summed E-state index contributed by atoms with van der Waals surface area (Å²) in [7, 11) is 0. The highest BCUT2D eigenvalue weighted by molar-refractivity contribution is 6.11. The number of ketones is 1. The van der Waals surface area contributed by atoms with Crippen LogP contribution in [0.1, 0.15) is 47.0 Å². The van der Waals surface area contributed by atoms with Crippen molar-refractivity contribution in [2.75, 3.05) is 0 Å². The van der Waals surface area contributed by atoms with Gasteiger partial charge in [-0.15, -0.1) is 0 Å². The molecule has 0 aromatic heterocycles. The number of allylic oxidation sites excluding steroid dienone is 1. The number of phenols is 1. The Bertz CT molecular complexity index is 1830. The van der Waals surface area contributed by atoms with Gasteiger partial charge in [-0.1, -0.05) is 72.8 Å². The Morgan fingerprint density at radius 2 is 0.977 bits per heavy atom. The molecule has 5 rings (SSSR count). The van der Waals surface area contributed by atoms with E-state index in [9.17, 15) is 24.3 Å². The fourth-order valence-electron chi connectivity index (χ4n) is 4.08. The first-order valence-electron chi connectivity index (χ1n) is 13.4. The minimum absolute atomic E-state index is 0.131. The predicted molar refractivity (Wildman–Crippen MR) is 162 cm³/mol. The van der Waals surface area contributed by atoms with E-state index >= 15 is 0 Å². The lowest BCUT2D eigenvalue weighted by Crippen LogP contribution is -2.13. The van der Waals surface area contributed by atoms with Crippen LogP contribution in [0, 0.1) is 0 Å². The van der Waals surface area contributed by atoms with E-state index in [4.69, 9.17) is 14.2 Å². The first-order valence-corrected chi connectivity index (χ1v) is 13.4. The minimum atomic E-state index is -0.782. The van der Waals surface area contributed by atoms with E-state index in [1.807, 2.05) is 0 Å². The number of benzene rings is 5. The molecule has 0 fully saturated rings. The molecular weight excluding hydrogens is 560 g/mol. The van der Waals surface area contributed by atoms with Gasteiger partial charge in [0.1, 0.15) is 28.6 Å². The van der Waals surface area contributed by atoms with Crippen LogP contribution in [-0.4, -0.2) is 28.8 Å². The maximum atomic E-state index is 13.3. The average Bonchev–Trinajstić information content (AvgIpc) is 3.05. The number of esters is 3. The maximum absolute atomic E-state index is 13.3. The van der Waals surface area contributed by atoms with Crippen molar-refractivity contribution in [3.05, 3.63) is 161 Å². The summed E-state index contributed by atoms with van der Waals surface area (Å²) in [6, 6.07) is 33.5. The average molecular weight is 585 g/mol. The van der Waals surface area contributed by atoms with Gasteiger partial charge in [-0.05, 0) is 60.2 Å². The van der Waals surface area contributed by atoms with E-state index in [-0.39, 0.29) is 28.2 Å². The van der Waals surface area contributed by atoms with E-state index < -0.39 is 29.4 Å². The Kier molecular flexibility index (Phi) is 9.02. The highest BCUT2D eigenvalue weighted by atomic mass is 16.5. The van der Waals surface area contributed by atoms with Gasteiger partial charge in [0.05, 0.1) is 16.7 Å². The van der Waals surface area contributed by atoms with Gasteiger partial charge in [0, 0.05) is 12.1 Å². The van der Waals surface area contributed by atoms with Crippen molar-refractivity contribution in [3.63, 3.8) is 0 Å². The second-order valence-corrected chi connectivity index (χ2v) is 9.35. The molecule has 5 aromatic rings. The number of carbonyl (C=O) groups excluding carboxylic acids is 4. The molecule has 0 saturated heterocycles. The summed E-state index contributed by atoms with van der Waals surface area (Å²) in [5.41, 5.74) is 1.16. The predicted octanol–water partition coefficient (Wildman–Crippen LogP) is 6.95. The van der Waals surface area contributed by atoms with Crippen LogP contribution in [0.4, 0.5) is 0 Å². The third-order valence-electron chi connectivity index (χ3n) is 6.26. The number of aromatic hydroxyl groups is 1. The molecule has 0 bridgehead atoms. The zero-order chi connectivity index (χ0) is 30.9. The fraction of sp³-hybridized carbons (Fsp3) is 0. The number of ether oxygens (including phenoxy) is 3. The van der Waals surface area contributed by atoms with Crippen LogP contribution in [0.15, 0.2) is 133 Å². The van der Waals surface area contributed by atoms with Crippen molar-refractivity contribution in [1.29, 1.82) is 0 Å². The van der Waals surface area contributed by atoms with Gasteiger partial charge in [-0.3, -0.25) is 4.79 Å². The largest absolute Gasteiger partial charge is 0.507 e. The molecule has 0 amide bonds. The van der Waals surface area contributed by atoms with Gasteiger partial charge in [0.2, 0.25) is 0 Å². The minimum Gasteiger partial charge on any atom is -0.507 e.